The molecule has 0 atom stereocenters. The molecule has 29 heavy (non-hydrogen) atoms. The van der Waals surface area contributed by atoms with Crippen LogP contribution >= 0.6 is 0 Å². The highest BCUT2D eigenvalue weighted by Gasteiger charge is 2.16. The maximum Gasteiger partial charge on any atom is 0.220 e. The number of nitrogen functional groups attached to an aromatic ring is 1. The fourth-order valence-electron chi connectivity index (χ4n) is 3.30. The Balaban J connectivity index is 0.00000145. The summed E-state index contributed by atoms with van der Waals surface area (Å²) >= 11 is 0. The molecule has 0 aliphatic carbocycles. The van der Waals surface area contributed by atoms with Crippen molar-refractivity contribution in [2.45, 2.75) is 34.6 Å². The number of pyridine rings is 1. The van der Waals surface area contributed by atoms with Crippen molar-refractivity contribution < 1.29 is 4.79 Å². The number of hydrogen-bond acceptors (Lipinski definition) is 4. The fraction of sp³-hybridized carbons (Fsp3) is 0.333. The van der Waals surface area contributed by atoms with Gasteiger partial charge in [0, 0.05) is 38.2 Å². The monoisotopic (exact) mass is 392 g/mol. The molecule has 2 N–H and O–H groups in total. The molecule has 0 aliphatic heterocycles. The van der Waals surface area contributed by atoms with Crippen LogP contribution in [0.25, 0.3) is 22.0 Å². The van der Waals surface area contributed by atoms with Crippen LogP contribution in [-0.4, -0.2) is 36.6 Å². The third-order valence-corrected chi connectivity index (χ3v) is 5.05. The van der Waals surface area contributed by atoms with Gasteiger partial charge in [0.1, 0.15) is 5.82 Å². The van der Waals surface area contributed by atoms with Gasteiger partial charge in [-0.2, -0.15) is 0 Å². The van der Waals surface area contributed by atoms with Crippen LogP contribution in [0.4, 0.5) is 11.5 Å². The standard InChI is InChI=1S/C22H26N4O.C2H6/c1-14-11-19-22(21(15(14)2)17-9-7-6-8-10-17)18(23)12-20(24-19)26(5)13-25(4)16(3)27;1-2/h6-12H,13H2,1-5H3,(H2,23,24);1-2H3. The number of nitrogens with zero attached hydrogens (tertiary/aromatic N) is 3. The Labute approximate surface area is 174 Å². The van der Waals surface area contributed by atoms with E-state index in [-0.39, 0.29) is 5.91 Å². The van der Waals surface area contributed by atoms with Crippen molar-refractivity contribution in [3.63, 3.8) is 0 Å². The van der Waals surface area contributed by atoms with E-state index in [1.807, 2.05) is 50.1 Å². The molecule has 154 valence electrons. The summed E-state index contributed by atoms with van der Waals surface area (Å²) in [5, 5.41) is 0.973. The summed E-state index contributed by atoms with van der Waals surface area (Å²) in [4.78, 5) is 19.9. The molecule has 0 aliphatic rings. The zero-order valence-corrected chi connectivity index (χ0v) is 18.6. The molecule has 3 rings (SSSR count). The van der Waals surface area contributed by atoms with E-state index in [0.29, 0.717) is 12.4 Å². The van der Waals surface area contributed by atoms with Crippen LogP contribution in [0.3, 0.4) is 0 Å². The first-order chi connectivity index (χ1) is 13.8. The zero-order valence-electron chi connectivity index (χ0n) is 18.6. The van der Waals surface area contributed by atoms with Gasteiger partial charge in [-0.25, -0.2) is 4.98 Å². The second kappa shape index (κ2) is 9.41. The summed E-state index contributed by atoms with van der Waals surface area (Å²) < 4.78 is 0. The van der Waals surface area contributed by atoms with E-state index in [4.69, 9.17) is 10.7 Å². The third kappa shape index (κ3) is 4.67. The minimum Gasteiger partial charge on any atom is -0.398 e. The molecule has 3 aromatic rings. The lowest BCUT2D eigenvalue weighted by atomic mass is 9.92. The first kappa shape index (κ1) is 22.2. The van der Waals surface area contributed by atoms with Crippen molar-refractivity contribution in [3.05, 3.63) is 53.6 Å². The van der Waals surface area contributed by atoms with Gasteiger partial charge in [0.05, 0.1) is 12.2 Å². The number of fused-ring (bicyclic) bond motifs is 1. The molecule has 0 spiro atoms. The first-order valence-electron chi connectivity index (χ1n) is 9.98. The van der Waals surface area contributed by atoms with Gasteiger partial charge in [-0.3, -0.25) is 4.79 Å². The number of hydrogen-bond donors (Lipinski definition) is 1. The van der Waals surface area contributed by atoms with Crippen LogP contribution in [0, 0.1) is 13.8 Å². The lowest BCUT2D eigenvalue weighted by Gasteiger charge is -2.25. The van der Waals surface area contributed by atoms with E-state index >= 15 is 0 Å². The van der Waals surface area contributed by atoms with Gasteiger partial charge in [-0.05, 0) is 42.2 Å². The quantitative estimate of drug-likeness (QED) is 0.635. The number of aromatic nitrogens is 1. The highest BCUT2D eigenvalue weighted by atomic mass is 16.2. The molecular weight excluding hydrogens is 360 g/mol. The van der Waals surface area contributed by atoms with Gasteiger partial charge < -0.3 is 15.5 Å². The molecule has 0 radical (unpaired) electrons. The van der Waals surface area contributed by atoms with Crippen molar-refractivity contribution in [1.82, 2.24) is 9.88 Å². The van der Waals surface area contributed by atoms with Crippen molar-refractivity contribution in [2.24, 2.45) is 0 Å². The predicted octanol–water partition coefficient (Wildman–Crippen LogP) is 5.00. The third-order valence-electron chi connectivity index (χ3n) is 5.05. The maximum atomic E-state index is 11.5. The number of nitrogens with two attached hydrogens (primary N) is 1. The minimum atomic E-state index is 0.00782. The van der Waals surface area contributed by atoms with Crippen LogP contribution in [0.15, 0.2) is 42.5 Å². The Morgan fingerprint density at radius 3 is 2.28 bits per heavy atom. The number of benzene rings is 2. The van der Waals surface area contributed by atoms with Crippen molar-refractivity contribution in [1.29, 1.82) is 0 Å². The van der Waals surface area contributed by atoms with Crippen LogP contribution in [0.5, 0.6) is 0 Å². The van der Waals surface area contributed by atoms with Crippen LogP contribution < -0.4 is 10.6 Å². The van der Waals surface area contributed by atoms with Gasteiger partial charge in [0.25, 0.3) is 0 Å². The minimum absolute atomic E-state index is 0.00782. The number of aryl methyl sites for hydroxylation is 1. The Morgan fingerprint density at radius 1 is 1.07 bits per heavy atom. The lowest BCUT2D eigenvalue weighted by molar-refractivity contribution is -0.127. The summed E-state index contributed by atoms with van der Waals surface area (Å²) in [6, 6.07) is 14.2. The van der Waals surface area contributed by atoms with Gasteiger partial charge in [0.2, 0.25) is 5.91 Å². The number of rotatable bonds is 4. The average Bonchev–Trinajstić information content (AvgIpc) is 2.71. The lowest BCUT2D eigenvalue weighted by Crippen LogP contribution is -2.36. The largest absolute Gasteiger partial charge is 0.398 e. The van der Waals surface area contributed by atoms with E-state index in [9.17, 15) is 4.79 Å². The van der Waals surface area contributed by atoms with E-state index < -0.39 is 0 Å². The normalized spacial score (nSPS) is 10.3. The highest BCUT2D eigenvalue weighted by Crippen LogP contribution is 2.37. The average molecular weight is 393 g/mol. The van der Waals surface area contributed by atoms with Crippen molar-refractivity contribution >= 4 is 28.3 Å². The van der Waals surface area contributed by atoms with Gasteiger partial charge in [0.15, 0.2) is 0 Å². The molecule has 0 unspecified atom stereocenters. The van der Waals surface area contributed by atoms with E-state index in [1.165, 1.54) is 11.1 Å². The van der Waals surface area contributed by atoms with Crippen LogP contribution in [-0.2, 0) is 4.79 Å². The fourth-order valence-corrected chi connectivity index (χ4v) is 3.30. The molecule has 5 nitrogen and oxygen atoms in total. The second-order valence-corrected chi connectivity index (χ2v) is 7.08. The number of anilines is 2. The topological polar surface area (TPSA) is 62.5 Å². The first-order valence-corrected chi connectivity index (χ1v) is 9.98. The molecule has 0 fully saturated rings. The summed E-state index contributed by atoms with van der Waals surface area (Å²) in [7, 11) is 3.68. The summed E-state index contributed by atoms with van der Waals surface area (Å²) in [6.45, 7) is 10.2. The molecule has 0 saturated carbocycles. The van der Waals surface area contributed by atoms with E-state index in [0.717, 1.165) is 27.8 Å². The molecule has 1 heterocycles. The van der Waals surface area contributed by atoms with Crippen LogP contribution in [0.1, 0.15) is 31.9 Å². The Bertz CT molecular complexity index is 999. The van der Waals surface area contributed by atoms with E-state index in [1.54, 1.807) is 18.9 Å². The summed E-state index contributed by atoms with van der Waals surface area (Å²) in [5.74, 6) is 0.754. The van der Waals surface area contributed by atoms with Gasteiger partial charge >= 0.3 is 0 Å². The molecule has 1 amide bonds. The molecule has 0 bridgehead atoms. The highest BCUT2D eigenvalue weighted by molar-refractivity contribution is 6.05. The smallest absolute Gasteiger partial charge is 0.220 e. The summed E-state index contributed by atoms with van der Waals surface area (Å²) in [5.41, 5.74) is 12.7. The van der Waals surface area contributed by atoms with Crippen molar-refractivity contribution in [3.8, 4) is 11.1 Å². The summed E-state index contributed by atoms with van der Waals surface area (Å²) in [6.07, 6.45) is 0. The number of carbonyl (C=O) groups excluding carboxylic acids is 1. The van der Waals surface area contributed by atoms with Gasteiger partial charge in [-0.15, -0.1) is 0 Å². The Morgan fingerprint density at radius 2 is 1.69 bits per heavy atom. The molecule has 2 aromatic carbocycles. The Hall–Kier alpha value is -3.08. The van der Waals surface area contributed by atoms with E-state index in [2.05, 4.69) is 32.0 Å². The Kier molecular flexibility index (Phi) is 7.21. The SMILES string of the molecule is CC.CC(=O)N(C)CN(C)c1cc(N)c2c(-c3ccccc3)c(C)c(C)cc2n1. The van der Waals surface area contributed by atoms with Gasteiger partial charge in [-0.1, -0.05) is 44.2 Å². The molecule has 5 heteroatoms. The molecular formula is C24H32N4O. The zero-order chi connectivity index (χ0) is 21.7. The van der Waals surface area contributed by atoms with Crippen molar-refractivity contribution in [2.75, 3.05) is 31.4 Å². The molecule has 1 aromatic heterocycles. The number of amides is 1. The number of carbonyl (C=O) groups is 1. The molecule has 0 saturated heterocycles. The second-order valence-electron chi connectivity index (χ2n) is 7.08. The van der Waals surface area contributed by atoms with Crippen LogP contribution in [0.2, 0.25) is 0 Å². The predicted molar refractivity (Wildman–Crippen MR) is 124 cm³/mol. The maximum absolute atomic E-state index is 11.5.